The number of benzene rings is 1. The first-order chi connectivity index (χ1) is 12.8. The van der Waals surface area contributed by atoms with Gasteiger partial charge in [-0.15, -0.1) is 0 Å². The molecule has 0 amide bonds. The van der Waals surface area contributed by atoms with E-state index in [1.165, 1.54) is 11.3 Å². The first-order valence-corrected chi connectivity index (χ1v) is 9.39. The van der Waals surface area contributed by atoms with Crippen molar-refractivity contribution in [1.82, 2.24) is 19.9 Å². The van der Waals surface area contributed by atoms with Gasteiger partial charge in [0.15, 0.2) is 11.5 Å². The van der Waals surface area contributed by atoms with Gasteiger partial charge in [0.25, 0.3) is 0 Å². The molecule has 6 nitrogen and oxygen atoms in total. The van der Waals surface area contributed by atoms with Crippen LogP contribution in [0, 0.1) is 0 Å². The molecule has 0 aliphatic carbocycles. The molecule has 1 aromatic carbocycles. The number of hydrogen-bond donors (Lipinski definition) is 0. The van der Waals surface area contributed by atoms with Crippen LogP contribution in [0.1, 0.15) is 35.9 Å². The smallest absolute Gasteiger partial charge is 0.200 e. The quantitative estimate of drug-likeness (QED) is 0.709. The second kappa shape index (κ2) is 6.36. The maximum absolute atomic E-state index is 6.04. The van der Waals surface area contributed by atoms with Crippen molar-refractivity contribution in [2.45, 2.75) is 31.7 Å². The van der Waals surface area contributed by atoms with Crippen molar-refractivity contribution in [3.63, 3.8) is 0 Å². The SMILES string of the molecule is CN1CCc2ncnc(N3CCC[C@H](c4nc5ccccc5o4)C3)c2C1. The van der Waals surface area contributed by atoms with Gasteiger partial charge in [-0.3, -0.25) is 0 Å². The molecule has 0 N–H and O–H groups in total. The lowest BCUT2D eigenvalue weighted by molar-refractivity contribution is 0.308. The fourth-order valence-electron chi connectivity index (χ4n) is 4.17. The Hall–Kier alpha value is -2.47. The third-order valence-corrected chi connectivity index (χ3v) is 5.55. The molecule has 1 saturated heterocycles. The average Bonchev–Trinajstić information content (AvgIpc) is 3.12. The Kier molecular flexibility index (Phi) is 3.85. The number of rotatable bonds is 2. The van der Waals surface area contributed by atoms with Gasteiger partial charge in [0.2, 0.25) is 0 Å². The van der Waals surface area contributed by atoms with Gasteiger partial charge in [-0.1, -0.05) is 12.1 Å². The third kappa shape index (κ3) is 2.74. The van der Waals surface area contributed by atoms with Gasteiger partial charge in [-0.25, -0.2) is 15.0 Å². The fourth-order valence-corrected chi connectivity index (χ4v) is 4.17. The van der Waals surface area contributed by atoms with E-state index in [2.05, 4.69) is 26.8 Å². The van der Waals surface area contributed by atoms with Crippen LogP contribution < -0.4 is 4.90 Å². The number of piperidine rings is 1. The molecule has 3 aromatic rings. The van der Waals surface area contributed by atoms with Crippen LogP contribution in [0.3, 0.4) is 0 Å². The highest BCUT2D eigenvalue weighted by Crippen LogP contribution is 2.33. The Bertz CT molecular complexity index is 904. The van der Waals surface area contributed by atoms with E-state index < -0.39 is 0 Å². The second-order valence-corrected chi connectivity index (χ2v) is 7.42. The highest BCUT2D eigenvalue weighted by molar-refractivity contribution is 5.72. The van der Waals surface area contributed by atoms with Gasteiger partial charge < -0.3 is 14.2 Å². The summed E-state index contributed by atoms with van der Waals surface area (Å²) in [5, 5.41) is 0. The summed E-state index contributed by atoms with van der Waals surface area (Å²) in [7, 11) is 2.16. The lowest BCUT2D eigenvalue weighted by Gasteiger charge is -2.35. The largest absolute Gasteiger partial charge is 0.440 e. The van der Waals surface area contributed by atoms with Crippen LogP contribution in [0.2, 0.25) is 0 Å². The second-order valence-electron chi connectivity index (χ2n) is 7.42. The molecule has 1 fully saturated rings. The lowest BCUT2D eigenvalue weighted by atomic mass is 9.97. The first kappa shape index (κ1) is 15.8. The minimum Gasteiger partial charge on any atom is -0.440 e. The topological polar surface area (TPSA) is 58.3 Å². The van der Waals surface area contributed by atoms with Crippen molar-refractivity contribution >= 4 is 16.9 Å². The highest BCUT2D eigenvalue weighted by Gasteiger charge is 2.29. The molecule has 5 rings (SSSR count). The number of fused-ring (bicyclic) bond motifs is 2. The molecule has 134 valence electrons. The number of para-hydroxylation sites is 2. The van der Waals surface area contributed by atoms with Crippen molar-refractivity contribution in [1.29, 1.82) is 0 Å². The van der Waals surface area contributed by atoms with Crippen LogP contribution >= 0.6 is 0 Å². The van der Waals surface area contributed by atoms with E-state index in [1.54, 1.807) is 6.33 Å². The van der Waals surface area contributed by atoms with E-state index in [4.69, 9.17) is 9.40 Å². The fraction of sp³-hybridized carbons (Fsp3) is 0.450. The molecule has 0 bridgehead atoms. The lowest BCUT2D eigenvalue weighted by Crippen LogP contribution is -2.37. The predicted octanol–water partition coefficient (Wildman–Crippen LogP) is 2.99. The summed E-state index contributed by atoms with van der Waals surface area (Å²) >= 11 is 0. The van der Waals surface area contributed by atoms with Crippen LogP contribution in [0.25, 0.3) is 11.1 Å². The van der Waals surface area contributed by atoms with Crippen LogP contribution in [0.15, 0.2) is 35.0 Å². The van der Waals surface area contributed by atoms with Crippen molar-refractivity contribution in [3.05, 3.63) is 47.7 Å². The van der Waals surface area contributed by atoms with Crippen LogP contribution in [-0.4, -0.2) is 46.5 Å². The molecule has 0 radical (unpaired) electrons. The molecule has 0 spiro atoms. The Morgan fingerprint density at radius 1 is 1.15 bits per heavy atom. The number of anilines is 1. The molecule has 0 unspecified atom stereocenters. The molecular weight excluding hydrogens is 326 g/mol. The monoisotopic (exact) mass is 349 g/mol. The molecule has 2 aliphatic heterocycles. The number of oxazole rings is 1. The van der Waals surface area contributed by atoms with Gasteiger partial charge in [0.1, 0.15) is 17.7 Å². The Morgan fingerprint density at radius 3 is 3.00 bits per heavy atom. The number of aromatic nitrogens is 3. The van der Waals surface area contributed by atoms with Crippen molar-refractivity contribution in [2.24, 2.45) is 0 Å². The Labute approximate surface area is 152 Å². The standard InChI is InChI=1S/C20H23N5O/c1-24-10-8-16-15(12-24)19(22-13-21-16)25-9-4-5-14(11-25)20-23-17-6-2-3-7-18(17)26-20/h2-3,6-7,13-14H,4-5,8-12H2,1H3/t14-/m0/s1. The molecule has 26 heavy (non-hydrogen) atoms. The summed E-state index contributed by atoms with van der Waals surface area (Å²) in [5.41, 5.74) is 4.32. The number of nitrogens with zero attached hydrogens (tertiary/aromatic N) is 5. The van der Waals surface area contributed by atoms with Gasteiger partial charge >= 0.3 is 0 Å². The van der Waals surface area contributed by atoms with E-state index in [1.807, 2.05) is 24.3 Å². The third-order valence-electron chi connectivity index (χ3n) is 5.55. The van der Waals surface area contributed by atoms with Gasteiger partial charge in [0, 0.05) is 38.2 Å². The molecular formula is C20H23N5O. The summed E-state index contributed by atoms with van der Waals surface area (Å²) < 4.78 is 6.04. The summed E-state index contributed by atoms with van der Waals surface area (Å²) in [4.78, 5) is 18.7. The molecule has 1 atom stereocenters. The zero-order valence-corrected chi connectivity index (χ0v) is 15.1. The zero-order chi connectivity index (χ0) is 17.5. The summed E-state index contributed by atoms with van der Waals surface area (Å²) in [6.07, 6.45) is 4.96. The minimum atomic E-state index is 0.308. The Balaban J connectivity index is 1.44. The van der Waals surface area contributed by atoms with E-state index >= 15 is 0 Å². The molecule has 6 heteroatoms. The molecule has 2 aliphatic rings. The van der Waals surface area contributed by atoms with Crippen molar-refractivity contribution < 1.29 is 4.42 Å². The molecule has 4 heterocycles. The van der Waals surface area contributed by atoms with Crippen molar-refractivity contribution in [3.8, 4) is 0 Å². The minimum absolute atomic E-state index is 0.308. The van der Waals surface area contributed by atoms with E-state index in [9.17, 15) is 0 Å². The maximum Gasteiger partial charge on any atom is 0.200 e. The average molecular weight is 349 g/mol. The highest BCUT2D eigenvalue weighted by atomic mass is 16.3. The molecule has 0 saturated carbocycles. The normalized spacial score (nSPS) is 21.1. The number of likely N-dealkylation sites (N-methyl/N-ethyl adjacent to an activating group) is 1. The zero-order valence-electron chi connectivity index (χ0n) is 15.1. The Morgan fingerprint density at radius 2 is 2.08 bits per heavy atom. The predicted molar refractivity (Wildman–Crippen MR) is 100 cm³/mol. The van der Waals surface area contributed by atoms with E-state index in [0.29, 0.717) is 5.92 Å². The van der Waals surface area contributed by atoms with Gasteiger partial charge in [-0.05, 0) is 32.0 Å². The van der Waals surface area contributed by atoms with Crippen molar-refractivity contribution in [2.75, 3.05) is 31.6 Å². The number of hydrogen-bond acceptors (Lipinski definition) is 6. The van der Waals surface area contributed by atoms with E-state index in [-0.39, 0.29) is 0 Å². The first-order valence-electron chi connectivity index (χ1n) is 9.39. The van der Waals surface area contributed by atoms with Crippen LogP contribution in [-0.2, 0) is 13.0 Å². The summed E-state index contributed by atoms with van der Waals surface area (Å²) in [6.45, 7) is 3.93. The van der Waals surface area contributed by atoms with E-state index in [0.717, 1.165) is 68.2 Å². The van der Waals surface area contributed by atoms with Gasteiger partial charge in [-0.2, -0.15) is 0 Å². The van der Waals surface area contributed by atoms with Crippen LogP contribution in [0.5, 0.6) is 0 Å². The molecule has 2 aromatic heterocycles. The maximum atomic E-state index is 6.04. The van der Waals surface area contributed by atoms with Gasteiger partial charge in [0.05, 0.1) is 11.6 Å². The summed E-state index contributed by atoms with van der Waals surface area (Å²) in [5.74, 6) is 2.27. The summed E-state index contributed by atoms with van der Waals surface area (Å²) in [6, 6.07) is 8.00. The van der Waals surface area contributed by atoms with Crippen LogP contribution in [0.4, 0.5) is 5.82 Å².